The smallest absolute Gasteiger partial charge is 0.259 e. The number of likely N-dealkylation sites (N-methyl/N-ethyl adjacent to an activating group) is 1. The third kappa shape index (κ3) is 5.56. The molecule has 174 valence electrons. The van der Waals surface area contributed by atoms with Crippen molar-refractivity contribution >= 4 is 39.5 Å². The van der Waals surface area contributed by atoms with Crippen LogP contribution in [0.25, 0.3) is 22.0 Å². The number of amides is 1. The number of nitrogens with zero attached hydrogens (tertiary/aromatic N) is 1. The molecule has 0 aliphatic heterocycles. The van der Waals surface area contributed by atoms with Crippen LogP contribution < -0.4 is 29.8 Å². The zero-order valence-corrected chi connectivity index (χ0v) is 19.4. The van der Waals surface area contributed by atoms with E-state index in [1.807, 2.05) is 6.92 Å². The minimum absolute atomic E-state index is 0.128. The summed E-state index contributed by atoms with van der Waals surface area (Å²) in [5.74, 6) is 1.67. The molecule has 3 aromatic rings. The highest BCUT2D eigenvalue weighted by Crippen LogP contribution is 2.32. The third-order valence-corrected chi connectivity index (χ3v) is 4.94. The van der Waals surface area contributed by atoms with Gasteiger partial charge >= 0.3 is 0 Å². The first-order chi connectivity index (χ1) is 15.9. The van der Waals surface area contributed by atoms with Crippen molar-refractivity contribution in [3.8, 4) is 23.0 Å². The SMILES string of the molecule is CCNC(=O)COc1ccc(/C=C(\Cl)c2nc3cc(OC)c(OC)cc3c(=O)[nH]2)cc1OC. The van der Waals surface area contributed by atoms with Gasteiger partial charge in [-0.2, -0.15) is 0 Å². The molecule has 0 aliphatic rings. The van der Waals surface area contributed by atoms with Gasteiger partial charge in [-0.15, -0.1) is 0 Å². The van der Waals surface area contributed by atoms with E-state index in [0.717, 1.165) is 0 Å². The first kappa shape index (κ1) is 23.9. The Morgan fingerprint density at radius 1 is 1.06 bits per heavy atom. The largest absolute Gasteiger partial charge is 0.493 e. The van der Waals surface area contributed by atoms with Gasteiger partial charge in [0.2, 0.25) is 0 Å². The lowest BCUT2D eigenvalue weighted by molar-refractivity contribution is -0.123. The van der Waals surface area contributed by atoms with Crippen molar-refractivity contribution < 1.29 is 23.7 Å². The van der Waals surface area contributed by atoms with Gasteiger partial charge < -0.3 is 29.2 Å². The standard InChI is InChI=1S/C23H24ClN3O6/c1-5-25-21(28)12-33-17-7-6-13(9-18(17)30-2)8-15(24)22-26-16-11-20(32-4)19(31-3)10-14(16)23(29)27-22/h6-11H,5,12H2,1-4H3,(H,25,28)(H,26,27,29)/b15-8-. The number of aromatic amines is 1. The van der Waals surface area contributed by atoms with Crippen LogP contribution in [-0.4, -0.2) is 50.4 Å². The van der Waals surface area contributed by atoms with E-state index in [1.165, 1.54) is 21.3 Å². The summed E-state index contributed by atoms with van der Waals surface area (Å²) in [7, 11) is 4.49. The molecule has 0 aliphatic carbocycles. The summed E-state index contributed by atoms with van der Waals surface area (Å²) in [6, 6.07) is 8.28. The van der Waals surface area contributed by atoms with Gasteiger partial charge in [0.1, 0.15) is 0 Å². The molecule has 0 saturated heterocycles. The van der Waals surface area contributed by atoms with Crippen molar-refractivity contribution in [2.24, 2.45) is 0 Å². The topological polar surface area (TPSA) is 112 Å². The molecule has 1 heterocycles. The van der Waals surface area contributed by atoms with Crippen molar-refractivity contribution in [1.29, 1.82) is 0 Å². The Kier molecular flexibility index (Phi) is 7.78. The average molecular weight is 474 g/mol. The van der Waals surface area contributed by atoms with Crippen LogP contribution in [-0.2, 0) is 4.79 Å². The molecule has 9 nitrogen and oxygen atoms in total. The van der Waals surface area contributed by atoms with E-state index in [0.29, 0.717) is 46.0 Å². The Labute approximate surface area is 195 Å². The van der Waals surface area contributed by atoms with Crippen LogP contribution >= 0.6 is 11.6 Å². The number of fused-ring (bicyclic) bond motifs is 1. The molecule has 2 N–H and O–H groups in total. The van der Waals surface area contributed by atoms with Crippen LogP contribution in [0.3, 0.4) is 0 Å². The Morgan fingerprint density at radius 2 is 1.73 bits per heavy atom. The van der Waals surface area contributed by atoms with E-state index in [2.05, 4.69) is 15.3 Å². The summed E-state index contributed by atoms with van der Waals surface area (Å²) in [6.07, 6.45) is 1.63. The lowest BCUT2D eigenvalue weighted by Crippen LogP contribution is -2.28. The first-order valence-electron chi connectivity index (χ1n) is 10.0. The average Bonchev–Trinajstić information content (AvgIpc) is 2.82. The second-order valence-corrected chi connectivity index (χ2v) is 7.19. The number of carbonyl (C=O) groups excluding carboxylic acids is 1. The second kappa shape index (κ2) is 10.7. The Bertz CT molecular complexity index is 1250. The quantitative estimate of drug-likeness (QED) is 0.490. The van der Waals surface area contributed by atoms with Crippen LogP contribution in [0.15, 0.2) is 35.1 Å². The maximum absolute atomic E-state index is 12.6. The zero-order chi connectivity index (χ0) is 24.0. The van der Waals surface area contributed by atoms with E-state index >= 15 is 0 Å². The molecule has 0 saturated carbocycles. The minimum atomic E-state index is -0.366. The van der Waals surface area contributed by atoms with E-state index in [-0.39, 0.29) is 28.9 Å². The monoisotopic (exact) mass is 473 g/mol. The fraction of sp³-hybridized carbons (Fsp3) is 0.261. The molecule has 0 spiro atoms. The van der Waals surface area contributed by atoms with Gasteiger partial charge in [-0.1, -0.05) is 17.7 Å². The first-order valence-corrected chi connectivity index (χ1v) is 10.4. The molecular formula is C23H24ClN3O6. The number of ether oxygens (including phenoxy) is 4. The van der Waals surface area contributed by atoms with Crippen molar-refractivity contribution in [1.82, 2.24) is 15.3 Å². The summed E-state index contributed by atoms with van der Waals surface area (Å²) in [5.41, 5.74) is 0.719. The van der Waals surface area contributed by atoms with Gasteiger partial charge in [0, 0.05) is 12.6 Å². The summed E-state index contributed by atoms with van der Waals surface area (Å²) in [6.45, 7) is 2.22. The van der Waals surface area contributed by atoms with Crippen LogP contribution in [0.2, 0.25) is 0 Å². The Balaban J connectivity index is 1.92. The summed E-state index contributed by atoms with van der Waals surface area (Å²) in [4.78, 5) is 31.4. The highest BCUT2D eigenvalue weighted by Gasteiger charge is 2.13. The highest BCUT2D eigenvalue weighted by atomic mass is 35.5. The number of carbonyl (C=O) groups is 1. The molecule has 0 fully saturated rings. The van der Waals surface area contributed by atoms with E-state index in [4.69, 9.17) is 30.5 Å². The lowest BCUT2D eigenvalue weighted by atomic mass is 10.1. The lowest BCUT2D eigenvalue weighted by Gasteiger charge is -2.11. The number of nitrogens with one attached hydrogen (secondary N) is 2. The fourth-order valence-electron chi connectivity index (χ4n) is 3.08. The Morgan fingerprint density at radius 3 is 2.39 bits per heavy atom. The molecular weight excluding hydrogens is 450 g/mol. The fourth-order valence-corrected chi connectivity index (χ4v) is 3.29. The van der Waals surface area contributed by atoms with Crippen molar-refractivity contribution in [3.05, 3.63) is 52.1 Å². The van der Waals surface area contributed by atoms with Gasteiger partial charge in [-0.25, -0.2) is 4.98 Å². The number of rotatable bonds is 9. The van der Waals surface area contributed by atoms with Crippen molar-refractivity contribution in [2.45, 2.75) is 6.92 Å². The van der Waals surface area contributed by atoms with Crippen molar-refractivity contribution in [3.63, 3.8) is 0 Å². The summed E-state index contributed by atoms with van der Waals surface area (Å²) >= 11 is 6.47. The molecule has 0 bridgehead atoms. The molecule has 1 amide bonds. The molecule has 3 rings (SSSR count). The molecule has 10 heteroatoms. The predicted molar refractivity (Wildman–Crippen MR) is 126 cm³/mol. The molecule has 0 unspecified atom stereocenters. The number of halogens is 1. The van der Waals surface area contributed by atoms with Gasteiger partial charge in [0.05, 0.1) is 37.3 Å². The highest BCUT2D eigenvalue weighted by molar-refractivity contribution is 6.50. The molecule has 33 heavy (non-hydrogen) atoms. The number of benzene rings is 2. The van der Waals surface area contributed by atoms with E-state index in [9.17, 15) is 9.59 Å². The van der Waals surface area contributed by atoms with Crippen LogP contribution in [0.1, 0.15) is 18.3 Å². The number of H-pyrrole nitrogens is 1. The number of aromatic nitrogens is 2. The van der Waals surface area contributed by atoms with Crippen molar-refractivity contribution in [2.75, 3.05) is 34.5 Å². The molecule has 2 aromatic carbocycles. The van der Waals surface area contributed by atoms with Gasteiger partial charge in [-0.05, 0) is 36.8 Å². The second-order valence-electron chi connectivity index (χ2n) is 6.78. The van der Waals surface area contributed by atoms with Gasteiger partial charge in [0.25, 0.3) is 11.5 Å². The van der Waals surface area contributed by atoms with Gasteiger partial charge in [0.15, 0.2) is 35.4 Å². The van der Waals surface area contributed by atoms with E-state index in [1.54, 1.807) is 36.4 Å². The molecule has 0 radical (unpaired) electrons. The third-order valence-electron chi connectivity index (χ3n) is 4.65. The number of hydrogen-bond acceptors (Lipinski definition) is 7. The van der Waals surface area contributed by atoms with Crippen LogP contribution in [0.4, 0.5) is 0 Å². The molecule has 0 atom stereocenters. The minimum Gasteiger partial charge on any atom is -0.493 e. The summed E-state index contributed by atoms with van der Waals surface area (Å²) in [5, 5.41) is 3.21. The zero-order valence-electron chi connectivity index (χ0n) is 18.7. The molecule has 1 aromatic heterocycles. The number of methoxy groups -OCH3 is 3. The normalized spacial score (nSPS) is 11.2. The van der Waals surface area contributed by atoms with Crippen LogP contribution in [0, 0.1) is 0 Å². The Hall–Kier alpha value is -3.72. The van der Waals surface area contributed by atoms with Crippen LogP contribution in [0.5, 0.6) is 23.0 Å². The van der Waals surface area contributed by atoms with E-state index < -0.39 is 0 Å². The maximum atomic E-state index is 12.6. The maximum Gasteiger partial charge on any atom is 0.259 e. The van der Waals surface area contributed by atoms with Gasteiger partial charge in [-0.3, -0.25) is 9.59 Å². The number of hydrogen-bond donors (Lipinski definition) is 2. The predicted octanol–water partition coefficient (Wildman–Crippen LogP) is 3.20. The summed E-state index contributed by atoms with van der Waals surface area (Å²) < 4.78 is 21.4.